The molecule has 0 heterocycles. The average Bonchev–Trinajstić information content (AvgIpc) is 2.49. The van der Waals surface area contributed by atoms with Gasteiger partial charge >= 0.3 is 5.97 Å². The highest BCUT2D eigenvalue weighted by Gasteiger charge is 2.16. The average molecular weight is 313 g/mol. The van der Waals surface area contributed by atoms with Crippen LogP contribution in [0.25, 0.3) is 0 Å². The van der Waals surface area contributed by atoms with Crippen molar-refractivity contribution in [3.63, 3.8) is 0 Å². The zero-order chi connectivity index (χ0) is 16.6. The van der Waals surface area contributed by atoms with Gasteiger partial charge in [0.05, 0.1) is 12.5 Å². The van der Waals surface area contributed by atoms with Gasteiger partial charge in [0.2, 0.25) is 0 Å². The monoisotopic (exact) mass is 312 g/mol. The Bertz CT molecular complexity index is 248. The highest BCUT2D eigenvalue weighted by molar-refractivity contribution is 5.72. The lowest BCUT2D eigenvalue weighted by Crippen LogP contribution is -2.17. The fraction of sp³-hybridized carbons (Fsp3) is 0.950. The summed E-state index contributed by atoms with van der Waals surface area (Å²) < 4.78 is 5.42. The molecule has 0 aromatic rings. The van der Waals surface area contributed by atoms with Crippen LogP contribution < -0.4 is 0 Å². The first-order valence-corrected chi connectivity index (χ1v) is 9.78. The SMILES string of the molecule is CCCCC(CC)C(=O)OCCCCCCCCCC(C)C. The van der Waals surface area contributed by atoms with Crippen LogP contribution in [0.2, 0.25) is 0 Å². The number of rotatable bonds is 15. The molecule has 0 aromatic heterocycles. The Balaban J connectivity index is 3.39. The summed E-state index contributed by atoms with van der Waals surface area (Å²) in [7, 11) is 0. The van der Waals surface area contributed by atoms with Gasteiger partial charge in [0.25, 0.3) is 0 Å². The Morgan fingerprint density at radius 2 is 1.41 bits per heavy atom. The lowest BCUT2D eigenvalue weighted by molar-refractivity contribution is -0.149. The topological polar surface area (TPSA) is 26.3 Å². The van der Waals surface area contributed by atoms with Crippen molar-refractivity contribution in [3.8, 4) is 0 Å². The quantitative estimate of drug-likeness (QED) is 0.254. The third-order valence-electron chi connectivity index (χ3n) is 4.40. The van der Waals surface area contributed by atoms with Crippen LogP contribution in [0.5, 0.6) is 0 Å². The molecule has 1 unspecified atom stereocenters. The molecule has 0 fully saturated rings. The van der Waals surface area contributed by atoms with E-state index < -0.39 is 0 Å². The van der Waals surface area contributed by atoms with Crippen LogP contribution in [0, 0.1) is 11.8 Å². The maximum Gasteiger partial charge on any atom is 0.308 e. The number of ether oxygens (including phenoxy) is 1. The minimum Gasteiger partial charge on any atom is -0.465 e. The molecule has 0 saturated heterocycles. The van der Waals surface area contributed by atoms with E-state index >= 15 is 0 Å². The molecule has 22 heavy (non-hydrogen) atoms. The number of carbonyl (C=O) groups is 1. The molecule has 0 aliphatic rings. The number of carbonyl (C=O) groups excluding carboxylic acids is 1. The van der Waals surface area contributed by atoms with Gasteiger partial charge in [-0.05, 0) is 25.2 Å². The lowest BCUT2D eigenvalue weighted by Gasteiger charge is -2.13. The summed E-state index contributed by atoms with van der Waals surface area (Å²) in [6, 6.07) is 0. The Morgan fingerprint density at radius 3 is 1.95 bits per heavy atom. The van der Waals surface area contributed by atoms with E-state index in [0.29, 0.717) is 6.61 Å². The Labute approximate surface area is 139 Å². The Kier molecular flexibility index (Phi) is 15.0. The molecule has 0 amide bonds. The van der Waals surface area contributed by atoms with E-state index in [1.807, 2.05) is 0 Å². The van der Waals surface area contributed by atoms with Crippen molar-refractivity contribution in [3.05, 3.63) is 0 Å². The van der Waals surface area contributed by atoms with E-state index in [2.05, 4.69) is 27.7 Å². The standard InChI is InChI=1S/C20H40O2/c1-5-7-16-19(6-2)20(21)22-17-14-12-10-8-9-11-13-15-18(3)4/h18-19H,5-17H2,1-4H3. The highest BCUT2D eigenvalue weighted by Crippen LogP contribution is 2.15. The van der Waals surface area contributed by atoms with Gasteiger partial charge in [0.1, 0.15) is 0 Å². The molecule has 132 valence electrons. The third kappa shape index (κ3) is 13.2. The first-order chi connectivity index (χ1) is 10.6. The van der Waals surface area contributed by atoms with Crippen molar-refractivity contribution in [2.45, 2.75) is 105 Å². The van der Waals surface area contributed by atoms with Gasteiger partial charge in [-0.15, -0.1) is 0 Å². The second-order valence-corrected chi connectivity index (χ2v) is 7.07. The number of esters is 1. The van der Waals surface area contributed by atoms with E-state index in [-0.39, 0.29) is 11.9 Å². The number of hydrogen-bond acceptors (Lipinski definition) is 2. The predicted molar refractivity (Wildman–Crippen MR) is 96.0 cm³/mol. The summed E-state index contributed by atoms with van der Waals surface area (Å²) in [5.74, 6) is 1.00. The van der Waals surface area contributed by atoms with Crippen molar-refractivity contribution in [2.75, 3.05) is 6.61 Å². The smallest absolute Gasteiger partial charge is 0.308 e. The minimum atomic E-state index is 0.0321. The molecule has 0 aliphatic carbocycles. The van der Waals surface area contributed by atoms with Gasteiger partial charge in [-0.2, -0.15) is 0 Å². The first kappa shape index (κ1) is 21.5. The van der Waals surface area contributed by atoms with Crippen molar-refractivity contribution in [1.82, 2.24) is 0 Å². The third-order valence-corrected chi connectivity index (χ3v) is 4.40. The minimum absolute atomic E-state index is 0.0321. The van der Waals surface area contributed by atoms with Gasteiger partial charge < -0.3 is 4.74 Å². The molecule has 0 aromatic carbocycles. The Hall–Kier alpha value is -0.530. The van der Waals surface area contributed by atoms with Gasteiger partial charge in [-0.25, -0.2) is 0 Å². The molecule has 0 bridgehead atoms. The molecule has 0 radical (unpaired) electrons. The summed E-state index contributed by atoms with van der Waals surface area (Å²) in [6.07, 6.45) is 14.5. The van der Waals surface area contributed by atoms with Crippen molar-refractivity contribution < 1.29 is 9.53 Å². The second kappa shape index (κ2) is 15.4. The van der Waals surface area contributed by atoms with E-state index in [4.69, 9.17) is 4.74 Å². The molecule has 0 spiro atoms. The second-order valence-electron chi connectivity index (χ2n) is 7.07. The summed E-state index contributed by atoms with van der Waals surface area (Å²) >= 11 is 0. The van der Waals surface area contributed by atoms with Crippen molar-refractivity contribution >= 4 is 5.97 Å². The van der Waals surface area contributed by atoms with E-state index in [9.17, 15) is 4.79 Å². The summed E-state index contributed by atoms with van der Waals surface area (Å²) in [5.41, 5.74) is 0. The van der Waals surface area contributed by atoms with Crippen molar-refractivity contribution in [1.29, 1.82) is 0 Å². The first-order valence-electron chi connectivity index (χ1n) is 9.78. The largest absolute Gasteiger partial charge is 0.465 e. The zero-order valence-electron chi connectivity index (χ0n) is 15.7. The maximum absolute atomic E-state index is 11.9. The number of hydrogen-bond donors (Lipinski definition) is 0. The van der Waals surface area contributed by atoms with Crippen LogP contribution in [0.3, 0.4) is 0 Å². The molecule has 2 heteroatoms. The van der Waals surface area contributed by atoms with Crippen LogP contribution in [0.15, 0.2) is 0 Å². The van der Waals surface area contributed by atoms with E-state index in [1.54, 1.807) is 0 Å². The molecule has 2 nitrogen and oxygen atoms in total. The van der Waals surface area contributed by atoms with Crippen molar-refractivity contribution in [2.24, 2.45) is 11.8 Å². The van der Waals surface area contributed by atoms with Gasteiger partial charge in [-0.1, -0.05) is 85.5 Å². The van der Waals surface area contributed by atoms with Crippen LogP contribution >= 0.6 is 0 Å². The molecular weight excluding hydrogens is 272 g/mol. The van der Waals surface area contributed by atoms with Gasteiger partial charge in [-0.3, -0.25) is 4.79 Å². The normalized spacial score (nSPS) is 12.6. The Morgan fingerprint density at radius 1 is 0.818 bits per heavy atom. The zero-order valence-corrected chi connectivity index (χ0v) is 15.7. The molecule has 0 rings (SSSR count). The molecule has 0 aliphatic heterocycles. The summed E-state index contributed by atoms with van der Waals surface area (Å²) in [4.78, 5) is 11.9. The van der Waals surface area contributed by atoms with Gasteiger partial charge in [0.15, 0.2) is 0 Å². The lowest BCUT2D eigenvalue weighted by atomic mass is 10.00. The fourth-order valence-electron chi connectivity index (χ4n) is 2.77. The van der Waals surface area contributed by atoms with E-state index in [1.165, 1.54) is 44.9 Å². The highest BCUT2D eigenvalue weighted by atomic mass is 16.5. The van der Waals surface area contributed by atoms with Gasteiger partial charge in [0, 0.05) is 0 Å². The maximum atomic E-state index is 11.9. The summed E-state index contributed by atoms with van der Waals surface area (Å²) in [5, 5.41) is 0. The van der Waals surface area contributed by atoms with Crippen LogP contribution in [0.4, 0.5) is 0 Å². The predicted octanol–water partition coefficient (Wildman–Crippen LogP) is 6.52. The van der Waals surface area contributed by atoms with Crippen LogP contribution in [-0.2, 0) is 9.53 Å². The summed E-state index contributed by atoms with van der Waals surface area (Å²) in [6.45, 7) is 9.47. The molecule has 0 saturated carbocycles. The fourth-order valence-corrected chi connectivity index (χ4v) is 2.77. The molecular formula is C20H40O2. The molecule has 0 N–H and O–H groups in total. The molecule has 1 atom stereocenters. The van der Waals surface area contributed by atoms with Crippen LogP contribution in [0.1, 0.15) is 105 Å². The van der Waals surface area contributed by atoms with Crippen LogP contribution in [-0.4, -0.2) is 12.6 Å². The number of unbranched alkanes of at least 4 members (excludes halogenated alkanes) is 7. The van der Waals surface area contributed by atoms with E-state index in [0.717, 1.165) is 38.0 Å².